The van der Waals surface area contributed by atoms with E-state index >= 15 is 0 Å². The summed E-state index contributed by atoms with van der Waals surface area (Å²) in [4.78, 5) is 23.3. The lowest BCUT2D eigenvalue weighted by Crippen LogP contribution is -2.11. The zero-order valence-corrected chi connectivity index (χ0v) is 15.7. The van der Waals surface area contributed by atoms with Crippen LogP contribution in [0.15, 0.2) is 53.2 Å². The number of hydrogen-bond donors (Lipinski definition) is 1. The summed E-state index contributed by atoms with van der Waals surface area (Å²) < 4.78 is 0. The molecular formula is C18H13N3OS3. The van der Waals surface area contributed by atoms with Crippen molar-refractivity contribution in [2.45, 2.75) is 6.92 Å². The number of nitrogens with one attached hydrogen (secondary N) is 1. The second-order valence-corrected chi connectivity index (χ2v) is 8.07. The summed E-state index contributed by atoms with van der Waals surface area (Å²) in [6, 6.07) is 13.9. The van der Waals surface area contributed by atoms with E-state index in [-0.39, 0.29) is 5.91 Å². The summed E-state index contributed by atoms with van der Waals surface area (Å²) in [6.07, 6.45) is 0. The van der Waals surface area contributed by atoms with Crippen molar-refractivity contribution in [3.63, 3.8) is 0 Å². The third-order valence-electron chi connectivity index (χ3n) is 3.53. The number of thiazole rings is 2. The minimum Gasteiger partial charge on any atom is -0.297 e. The van der Waals surface area contributed by atoms with Crippen LogP contribution >= 0.6 is 34.0 Å². The normalized spacial score (nSPS) is 10.8. The molecule has 1 amide bonds. The molecule has 0 bridgehead atoms. The molecule has 0 aliphatic heterocycles. The van der Waals surface area contributed by atoms with E-state index in [0.29, 0.717) is 10.0 Å². The number of benzene rings is 1. The second kappa shape index (κ2) is 6.87. The highest BCUT2D eigenvalue weighted by molar-refractivity contribution is 7.22. The van der Waals surface area contributed by atoms with Gasteiger partial charge in [0.05, 0.1) is 16.3 Å². The highest BCUT2D eigenvalue weighted by Crippen LogP contribution is 2.32. The van der Waals surface area contributed by atoms with Crippen molar-refractivity contribution in [2.24, 2.45) is 0 Å². The fourth-order valence-corrected chi connectivity index (χ4v) is 4.81. The van der Waals surface area contributed by atoms with Crippen LogP contribution in [0.4, 0.5) is 5.13 Å². The van der Waals surface area contributed by atoms with Crippen LogP contribution < -0.4 is 5.32 Å². The average molecular weight is 384 g/mol. The number of amides is 1. The fourth-order valence-electron chi connectivity index (χ4n) is 2.34. The topological polar surface area (TPSA) is 54.9 Å². The van der Waals surface area contributed by atoms with Crippen molar-refractivity contribution in [2.75, 3.05) is 5.32 Å². The molecule has 3 aromatic heterocycles. The van der Waals surface area contributed by atoms with Gasteiger partial charge in [-0.25, -0.2) is 9.97 Å². The third-order valence-corrected chi connectivity index (χ3v) is 6.48. The van der Waals surface area contributed by atoms with E-state index in [9.17, 15) is 4.79 Å². The van der Waals surface area contributed by atoms with Gasteiger partial charge in [0.2, 0.25) is 0 Å². The van der Waals surface area contributed by atoms with Gasteiger partial charge in [0, 0.05) is 10.9 Å². The lowest BCUT2D eigenvalue weighted by atomic mass is 10.2. The molecule has 25 heavy (non-hydrogen) atoms. The first-order valence-corrected chi connectivity index (χ1v) is 10.1. The van der Waals surface area contributed by atoms with Gasteiger partial charge in [-0.05, 0) is 18.4 Å². The van der Waals surface area contributed by atoms with Gasteiger partial charge in [0.25, 0.3) is 5.91 Å². The molecule has 0 radical (unpaired) electrons. The average Bonchev–Trinajstić information content (AvgIpc) is 3.35. The summed E-state index contributed by atoms with van der Waals surface area (Å²) in [5, 5.41) is 8.31. The zero-order valence-electron chi connectivity index (χ0n) is 13.2. The van der Waals surface area contributed by atoms with Crippen LogP contribution in [0.5, 0.6) is 0 Å². The predicted octanol–water partition coefficient (Wildman–Crippen LogP) is 5.56. The Kier molecular flexibility index (Phi) is 4.44. The predicted molar refractivity (Wildman–Crippen MR) is 106 cm³/mol. The van der Waals surface area contributed by atoms with Gasteiger partial charge in [-0.1, -0.05) is 36.4 Å². The number of rotatable bonds is 4. The summed E-state index contributed by atoms with van der Waals surface area (Å²) in [7, 11) is 0. The highest BCUT2D eigenvalue weighted by atomic mass is 32.1. The van der Waals surface area contributed by atoms with E-state index in [2.05, 4.69) is 15.3 Å². The minimum atomic E-state index is -0.160. The third kappa shape index (κ3) is 3.39. The van der Waals surface area contributed by atoms with E-state index in [4.69, 9.17) is 0 Å². The Bertz CT molecular complexity index is 1000. The number of aromatic nitrogens is 2. The van der Waals surface area contributed by atoms with Crippen LogP contribution in [0.2, 0.25) is 0 Å². The number of aryl methyl sites for hydroxylation is 1. The van der Waals surface area contributed by atoms with Crippen molar-refractivity contribution in [3.8, 4) is 21.1 Å². The number of hydrogen-bond acceptors (Lipinski definition) is 6. The molecule has 7 heteroatoms. The van der Waals surface area contributed by atoms with Gasteiger partial charge >= 0.3 is 0 Å². The fraction of sp³-hybridized carbons (Fsp3) is 0.0556. The van der Waals surface area contributed by atoms with Gasteiger partial charge in [0.1, 0.15) is 9.88 Å². The maximum atomic E-state index is 12.6. The SMILES string of the molecule is Cc1nc(-c2cccs2)sc1C(=O)Nc1nc(-c2ccccc2)cs1. The van der Waals surface area contributed by atoms with E-state index in [0.717, 1.165) is 26.8 Å². The maximum Gasteiger partial charge on any atom is 0.269 e. The molecule has 0 atom stereocenters. The van der Waals surface area contributed by atoms with Crippen LogP contribution in [-0.4, -0.2) is 15.9 Å². The Labute approximate surface area is 156 Å². The molecule has 4 aromatic rings. The van der Waals surface area contributed by atoms with E-state index in [1.807, 2.05) is 60.1 Å². The molecule has 124 valence electrons. The number of anilines is 1. The standard InChI is InChI=1S/C18H13N3OS3/c1-11-15(25-17(19-11)14-8-5-9-23-14)16(22)21-18-20-13(10-24-18)12-6-3-2-4-7-12/h2-10H,1H3,(H,20,21,22). The lowest BCUT2D eigenvalue weighted by molar-refractivity contribution is 0.103. The Morgan fingerprint density at radius 1 is 1.04 bits per heavy atom. The number of carbonyl (C=O) groups excluding carboxylic acids is 1. The molecular weight excluding hydrogens is 370 g/mol. The van der Waals surface area contributed by atoms with Crippen LogP contribution in [0.25, 0.3) is 21.1 Å². The van der Waals surface area contributed by atoms with Gasteiger partial charge in [-0.2, -0.15) is 0 Å². The van der Waals surface area contributed by atoms with Gasteiger partial charge < -0.3 is 0 Å². The number of carbonyl (C=O) groups is 1. The highest BCUT2D eigenvalue weighted by Gasteiger charge is 2.18. The summed E-state index contributed by atoms with van der Waals surface area (Å²) in [5.41, 5.74) is 2.64. The molecule has 3 heterocycles. The number of nitrogens with zero attached hydrogens (tertiary/aromatic N) is 2. The summed E-state index contributed by atoms with van der Waals surface area (Å²) >= 11 is 4.45. The Hall–Kier alpha value is -2.35. The first kappa shape index (κ1) is 16.1. The molecule has 0 aliphatic rings. The first-order valence-electron chi connectivity index (χ1n) is 7.54. The van der Waals surface area contributed by atoms with Crippen molar-refractivity contribution in [1.82, 2.24) is 9.97 Å². The molecule has 0 fully saturated rings. The van der Waals surface area contributed by atoms with Gasteiger partial charge in [0.15, 0.2) is 5.13 Å². The summed E-state index contributed by atoms with van der Waals surface area (Å²) in [6.45, 7) is 1.86. The van der Waals surface area contributed by atoms with Gasteiger partial charge in [-0.15, -0.1) is 34.0 Å². The molecule has 0 aliphatic carbocycles. The molecule has 0 saturated heterocycles. The second-order valence-electron chi connectivity index (χ2n) is 5.27. The van der Waals surface area contributed by atoms with Crippen LogP contribution in [0.3, 0.4) is 0 Å². The molecule has 1 N–H and O–H groups in total. The molecule has 4 nitrogen and oxygen atoms in total. The molecule has 0 spiro atoms. The molecule has 0 saturated carbocycles. The quantitative estimate of drug-likeness (QED) is 0.502. The molecule has 0 unspecified atom stereocenters. The van der Waals surface area contributed by atoms with Crippen molar-refractivity contribution < 1.29 is 4.79 Å². The number of thiophene rings is 1. The van der Waals surface area contributed by atoms with E-state index in [1.54, 1.807) is 11.3 Å². The van der Waals surface area contributed by atoms with Crippen molar-refractivity contribution in [3.05, 3.63) is 63.8 Å². The maximum absolute atomic E-state index is 12.6. The Morgan fingerprint density at radius 3 is 2.64 bits per heavy atom. The monoisotopic (exact) mass is 383 g/mol. The van der Waals surface area contributed by atoms with Crippen LogP contribution in [0.1, 0.15) is 15.4 Å². The van der Waals surface area contributed by atoms with E-state index < -0.39 is 0 Å². The Balaban J connectivity index is 1.54. The molecule has 1 aromatic carbocycles. The summed E-state index contributed by atoms with van der Waals surface area (Å²) in [5.74, 6) is -0.160. The van der Waals surface area contributed by atoms with Crippen molar-refractivity contribution in [1.29, 1.82) is 0 Å². The van der Waals surface area contributed by atoms with Crippen LogP contribution in [0, 0.1) is 6.92 Å². The van der Waals surface area contributed by atoms with Gasteiger partial charge in [-0.3, -0.25) is 10.1 Å². The lowest BCUT2D eigenvalue weighted by Gasteiger charge is -1.99. The largest absolute Gasteiger partial charge is 0.297 e. The van der Waals surface area contributed by atoms with E-state index in [1.165, 1.54) is 22.7 Å². The minimum absolute atomic E-state index is 0.160. The zero-order chi connectivity index (χ0) is 17.2. The Morgan fingerprint density at radius 2 is 1.88 bits per heavy atom. The first-order chi connectivity index (χ1) is 12.2. The van der Waals surface area contributed by atoms with Crippen LogP contribution in [-0.2, 0) is 0 Å². The van der Waals surface area contributed by atoms with Crippen molar-refractivity contribution >= 4 is 45.0 Å². The smallest absolute Gasteiger partial charge is 0.269 e. The molecule has 4 rings (SSSR count).